The number of halogens is 3. The van der Waals surface area contributed by atoms with Gasteiger partial charge < -0.3 is 4.74 Å². The second-order valence-electron chi connectivity index (χ2n) is 6.79. The maximum absolute atomic E-state index is 13.5. The molecule has 158 valence electrons. The average Bonchev–Trinajstić information content (AvgIpc) is 3.04. The molecular formula is C22H15Cl2FN2O3S. The van der Waals surface area contributed by atoms with E-state index in [1.54, 1.807) is 31.2 Å². The molecule has 0 saturated heterocycles. The molecule has 0 aliphatic carbocycles. The maximum Gasteiger partial charge on any atom is 0.338 e. The molecule has 1 aromatic heterocycles. The second kappa shape index (κ2) is 8.42. The third-order valence-corrected chi connectivity index (χ3v) is 6.41. The first-order valence-corrected chi connectivity index (χ1v) is 10.7. The monoisotopic (exact) mass is 476 g/mol. The zero-order chi connectivity index (χ0) is 22.3. The molecule has 5 nitrogen and oxygen atoms in total. The van der Waals surface area contributed by atoms with Crippen LogP contribution in [0, 0.1) is 5.82 Å². The molecule has 1 unspecified atom stereocenters. The van der Waals surface area contributed by atoms with Crippen LogP contribution >= 0.6 is 34.5 Å². The Labute approximate surface area is 190 Å². The van der Waals surface area contributed by atoms with Gasteiger partial charge in [-0.25, -0.2) is 14.2 Å². The third-order valence-electron chi connectivity index (χ3n) is 4.86. The lowest BCUT2D eigenvalue weighted by atomic mass is 9.96. The maximum atomic E-state index is 13.5. The Morgan fingerprint density at radius 3 is 2.58 bits per heavy atom. The summed E-state index contributed by atoms with van der Waals surface area (Å²) in [6, 6.07) is 9.82. The number of fused-ring (bicyclic) bond motifs is 1. The highest BCUT2D eigenvalue weighted by Gasteiger charge is 2.33. The van der Waals surface area contributed by atoms with Crippen LogP contribution in [-0.4, -0.2) is 17.6 Å². The van der Waals surface area contributed by atoms with Crippen LogP contribution in [-0.2, 0) is 9.53 Å². The van der Waals surface area contributed by atoms with Crippen LogP contribution < -0.4 is 14.9 Å². The average molecular weight is 477 g/mol. The summed E-state index contributed by atoms with van der Waals surface area (Å²) >= 11 is 13.4. The zero-order valence-corrected chi connectivity index (χ0v) is 18.7. The van der Waals surface area contributed by atoms with Gasteiger partial charge >= 0.3 is 5.97 Å². The minimum absolute atomic E-state index is 0.220. The summed E-state index contributed by atoms with van der Waals surface area (Å²) in [5.74, 6) is -1.03. The molecule has 0 saturated carbocycles. The molecule has 2 heterocycles. The number of thiazole rings is 1. The Bertz CT molecular complexity index is 1410. The molecule has 4 rings (SSSR count). The molecule has 1 aliphatic rings. The van der Waals surface area contributed by atoms with Crippen LogP contribution in [0.3, 0.4) is 0 Å². The van der Waals surface area contributed by atoms with Gasteiger partial charge in [0.1, 0.15) is 5.82 Å². The smallest absolute Gasteiger partial charge is 0.338 e. The molecule has 0 radical (unpaired) electrons. The number of carbonyl (C=O) groups excluding carboxylic acids is 1. The molecule has 31 heavy (non-hydrogen) atoms. The van der Waals surface area contributed by atoms with E-state index in [4.69, 9.17) is 27.9 Å². The summed E-state index contributed by atoms with van der Waals surface area (Å²) in [7, 11) is 1.26. The molecule has 0 bridgehead atoms. The van der Waals surface area contributed by atoms with Crippen molar-refractivity contribution in [2.75, 3.05) is 7.11 Å². The van der Waals surface area contributed by atoms with E-state index in [2.05, 4.69) is 4.99 Å². The number of rotatable bonds is 3. The lowest BCUT2D eigenvalue weighted by molar-refractivity contribution is -0.136. The van der Waals surface area contributed by atoms with Crippen molar-refractivity contribution in [2.24, 2.45) is 4.99 Å². The van der Waals surface area contributed by atoms with Crippen molar-refractivity contribution in [2.45, 2.75) is 13.0 Å². The Morgan fingerprint density at radius 2 is 1.94 bits per heavy atom. The van der Waals surface area contributed by atoms with Crippen molar-refractivity contribution >= 4 is 46.6 Å². The number of carbonyl (C=O) groups is 1. The van der Waals surface area contributed by atoms with E-state index in [0.29, 0.717) is 36.2 Å². The van der Waals surface area contributed by atoms with E-state index in [1.807, 2.05) is 0 Å². The quantitative estimate of drug-likeness (QED) is 0.539. The lowest BCUT2D eigenvalue weighted by Crippen LogP contribution is -2.39. The summed E-state index contributed by atoms with van der Waals surface area (Å²) < 4.78 is 20.3. The standard InChI is InChI=1S/C22H15Cl2FN2O3S/c1-11-18(21(29)30-2)19(12-4-7-15(25)8-5-12)27-20(28)17(31-22(27)26-11)9-13-3-6-14(23)10-16(13)24/h3-10,19H,1-2H3/b17-9-. The molecule has 3 aromatic rings. The van der Waals surface area contributed by atoms with Gasteiger partial charge in [0.15, 0.2) is 4.80 Å². The third kappa shape index (κ3) is 3.96. The van der Waals surface area contributed by atoms with Crippen LogP contribution in [0.2, 0.25) is 10.0 Å². The van der Waals surface area contributed by atoms with E-state index in [-0.39, 0.29) is 11.1 Å². The van der Waals surface area contributed by atoms with E-state index < -0.39 is 17.8 Å². The lowest BCUT2D eigenvalue weighted by Gasteiger charge is -2.24. The number of nitrogens with zero attached hydrogens (tertiary/aromatic N) is 2. The van der Waals surface area contributed by atoms with Gasteiger partial charge in [0.2, 0.25) is 0 Å². The molecule has 0 spiro atoms. The van der Waals surface area contributed by atoms with Gasteiger partial charge in [-0.05, 0) is 48.4 Å². The predicted molar refractivity (Wildman–Crippen MR) is 119 cm³/mol. The van der Waals surface area contributed by atoms with Crippen LogP contribution in [0.1, 0.15) is 24.1 Å². The summed E-state index contributed by atoms with van der Waals surface area (Å²) in [5, 5.41) is 0.887. The summed E-state index contributed by atoms with van der Waals surface area (Å²) in [5.41, 5.74) is 1.49. The normalized spacial score (nSPS) is 16.2. The SMILES string of the molecule is COC(=O)C1=C(C)N=c2s/c(=C\c3ccc(Cl)cc3Cl)c(=O)n2C1c1ccc(F)cc1. The van der Waals surface area contributed by atoms with Crippen molar-refractivity contribution in [3.05, 3.63) is 100 Å². The number of allylic oxidation sites excluding steroid dienone is 1. The fraction of sp³-hybridized carbons (Fsp3) is 0.136. The number of ether oxygens (including phenoxy) is 1. The fourth-order valence-corrected chi connectivity index (χ4v) is 4.91. The Hall–Kier alpha value is -2.74. The second-order valence-corrected chi connectivity index (χ2v) is 8.64. The largest absolute Gasteiger partial charge is 0.466 e. The van der Waals surface area contributed by atoms with Crippen LogP contribution in [0.5, 0.6) is 0 Å². The Balaban J connectivity index is 1.98. The minimum atomic E-state index is -0.799. The molecule has 9 heteroatoms. The van der Waals surface area contributed by atoms with Crippen molar-refractivity contribution in [1.82, 2.24) is 4.57 Å². The van der Waals surface area contributed by atoms with E-state index in [0.717, 1.165) is 0 Å². The first-order valence-electron chi connectivity index (χ1n) is 9.11. The van der Waals surface area contributed by atoms with Crippen molar-refractivity contribution in [3.63, 3.8) is 0 Å². The molecule has 1 atom stereocenters. The van der Waals surface area contributed by atoms with Gasteiger partial charge in [-0.2, -0.15) is 0 Å². The Kier molecular flexibility index (Phi) is 5.83. The highest BCUT2D eigenvalue weighted by atomic mass is 35.5. The number of esters is 1. The van der Waals surface area contributed by atoms with Gasteiger partial charge in [-0.1, -0.05) is 52.7 Å². The van der Waals surface area contributed by atoms with E-state index in [9.17, 15) is 14.0 Å². The summed E-state index contributed by atoms with van der Waals surface area (Å²) in [6.07, 6.45) is 1.65. The highest BCUT2D eigenvalue weighted by molar-refractivity contribution is 7.07. The van der Waals surface area contributed by atoms with E-state index in [1.165, 1.54) is 47.3 Å². The Morgan fingerprint density at radius 1 is 1.23 bits per heavy atom. The molecule has 0 N–H and O–H groups in total. The van der Waals surface area contributed by atoms with Crippen LogP contribution in [0.25, 0.3) is 6.08 Å². The summed E-state index contributed by atoms with van der Waals surface area (Å²) in [6.45, 7) is 1.68. The first kappa shape index (κ1) is 21.5. The van der Waals surface area contributed by atoms with Gasteiger partial charge in [0.25, 0.3) is 5.56 Å². The number of methoxy groups -OCH3 is 1. The van der Waals surface area contributed by atoms with E-state index >= 15 is 0 Å². The predicted octanol–water partition coefficient (Wildman–Crippen LogP) is 3.85. The van der Waals surface area contributed by atoms with Crippen LogP contribution in [0.15, 0.2) is 63.5 Å². The number of hydrogen-bond acceptors (Lipinski definition) is 5. The zero-order valence-electron chi connectivity index (χ0n) is 16.4. The number of hydrogen-bond donors (Lipinski definition) is 0. The minimum Gasteiger partial charge on any atom is -0.466 e. The van der Waals surface area contributed by atoms with Crippen LogP contribution in [0.4, 0.5) is 4.39 Å². The molecule has 0 fully saturated rings. The van der Waals surface area contributed by atoms with Crippen molar-refractivity contribution in [1.29, 1.82) is 0 Å². The fourth-order valence-electron chi connectivity index (χ4n) is 3.41. The summed E-state index contributed by atoms with van der Waals surface area (Å²) in [4.78, 5) is 30.8. The van der Waals surface area contributed by atoms with Crippen molar-refractivity contribution < 1.29 is 13.9 Å². The van der Waals surface area contributed by atoms with Gasteiger partial charge in [-0.3, -0.25) is 9.36 Å². The topological polar surface area (TPSA) is 60.7 Å². The van der Waals surface area contributed by atoms with Gasteiger partial charge in [0, 0.05) is 10.0 Å². The first-order chi connectivity index (χ1) is 14.8. The number of aromatic nitrogens is 1. The molecule has 1 aliphatic heterocycles. The van der Waals surface area contributed by atoms with Gasteiger partial charge in [0.05, 0.1) is 29.0 Å². The highest BCUT2D eigenvalue weighted by Crippen LogP contribution is 2.30. The molecule has 2 aromatic carbocycles. The van der Waals surface area contributed by atoms with Gasteiger partial charge in [-0.15, -0.1) is 0 Å². The molecule has 0 amide bonds. The van der Waals surface area contributed by atoms with Crippen molar-refractivity contribution in [3.8, 4) is 0 Å². The molecular weight excluding hydrogens is 462 g/mol. The number of benzene rings is 2.